The topological polar surface area (TPSA) is 83.1 Å². The van der Waals surface area contributed by atoms with Crippen LogP contribution in [0.15, 0.2) is 42.5 Å². The molecule has 2 aromatic rings. The fraction of sp³-hybridized carbons (Fsp3) is 0.440. The Morgan fingerprint density at radius 2 is 1.48 bits per heavy atom. The molecule has 8 heteroatoms. The van der Waals surface area contributed by atoms with Crippen LogP contribution < -0.4 is 20.1 Å². The first kappa shape index (κ1) is 23.1. The number of amides is 2. The molecule has 0 bridgehead atoms. The van der Waals surface area contributed by atoms with E-state index in [1.54, 1.807) is 0 Å². The van der Waals surface area contributed by atoms with E-state index in [1.807, 2.05) is 56.3 Å². The second-order valence-electron chi connectivity index (χ2n) is 8.67. The van der Waals surface area contributed by atoms with Gasteiger partial charge < -0.3 is 20.1 Å². The van der Waals surface area contributed by atoms with E-state index in [1.165, 1.54) is 0 Å². The van der Waals surface area contributed by atoms with Crippen LogP contribution in [0.2, 0.25) is 0 Å². The minimum Gasteiger partial charge on any atom is -0.486 e. The monoisotopic (exact) mass is 452 g/mol. The van der Waals surface area contributed by atoms with E-state index in [-0.39, 0.29) is 17.9 Å². The Kier molecular flexibility index (Phi) is 7.47. The summed E-state index contributed by atoms with van der Waals surface area (Å²) in [5.74, 6) is 1.41. The van der Waals surface area contributed by atoms with Gasteiger partial charge in [0.1, 0.15) is 12.7 Å². The lowest BCUT2D eigenvalue weighted by atomic mass is 10.1. The summed E-state index contributed by atoms with van der Waals surface area (Å²) in [7, 11) is 0. The fourth-order valence-electron chi connectivity index (χ4n) is 4.15. The molecule has 2 aromatic carbocycles. The van der Waals surface area contributed by atoms with Crippen molar-refractivity contribution >= 4 is 17.5 Å². The third-order valence-electron chi connectivity index (χ3n) is 6.04. The summed E-state index contributed by atoms with van der Waals surface area (Å²) in [5.41, 5.74) is 3.02. The quantitative estimate of drug-likeness (QED) is 0.667. The van der Waals surface area contributed by atoms with Crippen molar-refractivity contribution in [3.05, 3.63) is 53.6 Å². The molecule has 0 aromatic heterocycles. The lowest BCUT2D eigenvalue weighted by Gasteiger charge is -2.34. The number of para-hydroxylation sites is 3. The Balaban J connectivity index is 1.14. The first-order chi connectivity index (χ1) is 16.0. The van der Waals surface area contributed by atoms with Crippen molar-refractivity contribution in [2.24, 2.45) is 0 Å². The molecular weight excluding hydrogens is 420 g/mol. The molecule has 1 atom stereocenters. The van der Waals surface area contributed by atoms with Crippen molar-refractivity contribution in [3.63, 3.8) is 0 Å². The summed E-state index contributed by atoms with van der Waals surface area (Å²) in [5, 5.41) is 5.99. The molecule has 2 aliphatic heterocycles. The number of aryl methyl sites for hydroxylation is 2. The largest absolute Gasteiger partial charge is 0.486 e. The standard InChI is InChI=1S/C25H32N4O4/c1-18-6-5-7-19(2)25(18)27-24(31)16-29-12-10-28(11-13-29)15-23(30)26-14-20-17-32-21-8-3-4-9-22(21)33-20/h3-9,20H,10-17H2,1-2H3,(H,26,30)(H,27,31). The number of rotatable bonds is 7. The van der Waals surface area contributed by atoms with Crippen molar-refractivity contribution in [2.75, 3.05) is 57.7 Å². The van der Waals surface area contributed by atoms with E-state index in [4.69, 9.17) is 9.47 Å². The van der Waals surface area contributed by atoms with Gasteiger partial charge in [0.2, 0.25) is 11.8 Å². The van der Waals surface area contributed by atoms with Crippen LogP contribution in [0.1, 0.15) is 11.1 Å². The molecule has 8 nitrogen and oxygen atoms in total. The zero-order chi connectivity index (χ0) is 23.2. The summed E-state index contributed by atoms with van der Waals surface area (Å²) in [6, 6.07) is 13.5. The van der Waals surface area contributed by atoms with Crippen molar-refractivity contribution in [1.82, 2.24) is 15.1 Å². The SMILES string of the molecule is Cc1cccc(C)c1NC(=O)CN1CCN(CC(=O)NCC2COc3ccccc3O2)CC1. The molecule has 33 heavy (non-hydrogen) atoms. The molecule has 2 amide bonds. The number of ether oxygens (including phenoxy) is 2. The van der Waals surface area contributed by atoms with Crippen LogP contribution in [-0.4, -0.2) is 80.1 Å². The fourth-order valence-corrected chi connectivity index (χ4v) is 4.15. The molecule has 0 aliphatic carbocycles. The van der Waals surface area contributed by atoms with Crippen molar-refractivity contribution in [2.45, 2.75) is 20.0 Å². The lowest BCUT2D eigenvalue weighted by molar-refractivity contribution is -0.124. The van der Waals surface area contributed by atoms with Crippen molar-refractivity contribution in [1.29, 1.82) is 0 Å². The van der Waals surface area contributed by atoms with Crippen LogP contribution in [0, 0.1) is 13.8 Å². The van der Waals surface area contributed by atoms with Gasteiger partial charge in [-0.15, -0.1) is 0 Å². The van der Waals surface area contributed by atoms with Crippen LogP contribution in [0.3, 0.4) is 0 Å². The number of nitrogens with zero attached hydrogens (tertiary/aromatic N) is 2. The van der Waals surface area contributed by atoms with E-state index in [0.29, 0.717) is 32.0 Å². The van der Waals surface area contributed by atoms with Gasteiger partial charge in [0.25, 0.3) is 0 Å². The van der Waals surface area contributed by atoms with Crippen molar-refractivity contribution in [3.8, 4) is 11.5 Å². The first-order valence-electron chi connectivity index (χ1n) is 11.4. The average molecular weight is 453 g/mol. The molecule has 4 rings (SSSR count). The second-order valence-corrected chi connectivity index (χ2v) is 8.67. The van der Waals surface area contributed by atoms with Crippen LogP contribution in [-0.2, 0) is 9.59 Å². The minimum absolute atomic E-state index is 0.00475. The average Bonchev–Trinajstić information content (AvgIpc) is 2.81. The lowest BCUT2D eigenvalue weighted by Crippen LogP contribution is -2.51. The molecule has 1 saturated heterocycles. The molecule has 0 spiro atoms. The number of piperazine rings is 1. The second kappa shape index (κ2) is 10.7. The van der Waals surface area contributed by atoms with Gasteiger partial charge in [-0.2, -0.15) is 0 Å². The molecule has 176 valence electrons. The van der Waals surface area contributed by atoms with Gasteiger partial charge in [0, 0.05) is 31.9 Å². The highest BCUT2D eigenvalue weighted by atomic mass is 16.6. The Morgan fingerprint density at radius 3 is 2.15 bits per heavy atom. The van der Waals surface area contributed by atoms with E-state index in [2.05, 4.69) is 20.4 Å². The van der Waals surface area contributed by atoms with Gasteiger partial charge in [-0.05, 0) is 37.1 Å². The predicted molar refractivity (Wildman–Crippen MR) is 127 cm³/mol. The zero-order valence-corrected chi connectivity index (χ0v) is 19.3. The van der Waals surface area contributed by atoms with Crippen LogP contribution in [0.5, 0.6) is 11.5 Å². The minimum atomic E-state index is -0.198. The van der Waals surface area contributed by atoms with E-state index in [0.717, 1.165) is 48.7 Å². The van der Waals surface area contributed by atoms with Gasteiger partial charge in [0.15, 0.2) is 11.5 Å². The third kappa shape index (κ3) is 6.24. The Bertz CT molecular complexity index is 968. The van der Waals surface area contributed by atoms with Crippen LogP contribution in [0.25, 0.3) is 0 Å². The highest BCUT2D eigenvalue weighted by Crippen LogP contribution is 2.30. The Labute approximate surface area is 194 Å². The Hall–Kier alpha value is -3.10. The molecular formula is C25H32N4O4. The van der Waals surface area contributed by atoms with Gasteiger partial charge in [-0.3, -0.25) is 19.4 Å². The van der Waals surface area contributed by atoms with Crippen molar-refractivity contribution < 1.29 is 19.1 Å². The summed E-state index contributed by atoms with van der Waals surface area (Å²) >= 11 is 0. The predicted octanol–water partition coefficient (Wildman–Crippen LogP) is 1.82. The summed E-state index contributed by atoms with van der Waals surface area (Å²) < 4.78 is 11.6. The first-order valence-corrected chi connectivity index (χ1v) is 11.4. The summed E-state index contributed by atoms with van der Waals surface area (Å²) in [6.45, 7) is 8.53. The number of carbonyl (C=O) groups excluding carboxylic acids is 2. The summed E-state index contributed by atoms with van der Waals surface area (Å²) in [4.78, 5) is 29.1. The number of carbonyl (C=O) groups is 2. The summed E-state index contributed by atoms with van der Waals surface area (Å²) in [6.07, 6.45) is -0.198. The number of fused-ring (bicyclic) bond motifs is 1. The number of nitrogens with one attached hydrogen (secondary N) is 2. The molecule has 0 saturated carbocycles. The van der Waals surface area contributed by atoms with E-state index < -0.39 is 0 Å². The molecule has 2 N–H and O–H groups in total. The van der Waals surface area contributed by atoms with E-state index >= 15 is 0 Å². The van der Waals surface area contributed by atoms with Crippen LogP contribution >= 0.6 is 0 Å². The maximum absolute atomic E-state index is 12.5. The van der Waals surface area contributed by atoms with Gasteiger partial charge in [0.05, 0.1) is 19.6 Å². The number of hydrogen-bond donors (Lipinski definition) is 2. The number of anilines is 1. The molecule has 1 fully saturated rings. The third-order valence-corrected chi connectivity index (χ3v) is 6.04. The highest BCUT2D eigenvalue weighted by Gasteiger charge is 2.23. The van der Waals surface area contributed by atoms with Gasteiger partial charge >= 0.3 is 0 Å². The maximum atomic E-state index is 12.5. The molecule has 2 aliphatic rings. The molecule has 1 unspecified atom stereocenters. The normalized spacial score (nSPS) is 18.5. The van der Waals surface area contributed by atoms with Gasteiger partial charge in [-0.1, -0.05) is 30.3 Å². The number of benzene rings is 2. The van der Waals surface area contributed by atoms with E-state index in [9.17, 15) is 9.59 Å². The van der Waals surface area contributed by atoms with Gasteiger partial charge in [-0.25, -0.2) is 0 Å². The number of hydrogen-bond acceptors (Lipinski definition) is 6. The van der Waals surface area contributed by atoms with Crippen LogP contribution in [0.4, 0.5) is 5.69 Å². The maximum Gasteiger partial charge on any atom is 0.238 e. The smallest absolute Gasteiger partial charge is 0.238 e. The zero-order valence-electron chi connectivity index (χ0n) is 19.3. The Morgan fingerprint density at radius 1 is 0.879 bits per heavy atom. The molecule has 0 radical (unpaired) electrons. The highest BCUT2D eigenvalue weighted by molar-refractivity contribution is 5.93. The molecule has 2 heterocycles.